The van der Waals surface area contributed by atoms with Crippen LogP contribution in [0.1, 0.15) is 37.4 Å². The second-order valence-electron chi connectivity index (χ2n) is 6.47. The van der Waals surface area contributed by atoms with Gasteiger partial charge in [0, 0.05) is 31.9 Å². The molecule has 1 aliphatic rings. The van der Waals surface area contributed by atoms with Gasteiger partial charge in [-0.25, -0.2) is 0 Å². The topological polar surface area (TPSA) is 32.5 Å². The van der Waals surface area contributed by atoms with Crippen molar-refractivity contribution in [2.24, 2.45) is 11.7 Å². The first kappa shape index (κ1) is 15.3. The molecule has 112 valence electrons. The lowest BCUT2D eigenvalue weighted by Crippen LogP contribution is -2.31. The minimum absolute atomic E-state index is 0.338. The van der Waals surface area contributed by atoms with Gasteiger partial charge in [0.05, 0.1) is 0 Å². The fourth-order valence-electron chi connectivity index (χ4n) is 2.98. The summed E-state index contributed by atoms with van der Waals surface area (Å²) in [6.45, 7) is 7.47. The van der Waals surface area contributed by atoms with E-state index in [1.807, 2.05) is 0 Å². The van der Waals surface area contributed by atoms with Crippen LogP contribution in [0.4, 0.5) is 5.69 Å². The van der Waals surface area contributed by atoms with Crippen LogP contribution in [0.2, 0.25) is 0 Å². The van der Waals surface area contributed by atoms with E-state index < -0.39 is 0 Å². The van der Waals surface area contributed by atoms with Crippen molar-refractivity contribution >= 4 is 5.69 Å². The molecule has 3 heteroatoms. The Labute approximate surface area is 123 Å². The Morgan fingerprint density at radius 3 is 2.75 bits per heavy atom. The molecular weight excluding hydrogens is 246 g/mol. The monoisotopic (exact) mass is 275 g/mol. The Hall–Kier alpha value is -1.06. The van der Waals surface area contributed by atoms with E-state index in [0.29, 0.717) is 12.6 Å². The van der Waals surface area contributed by atoms with Gasteiger partial charge in [-0.3, -0.25) is 4.90 Å². The van der Waals surface area contributed by atoms with Crippen molar-refractivity contribution in [1.29, 1.82) is 0 Å². The Balaban J connectivity index is 2.11. The molecule has 0 saturated heterocycles. The molecule has 1 aliphatic heterocycles. The fourth-order valence-corrected chi connectivity index (χ4v) is 2.98. The molecule has 0 radical (unpaired) electrons. The molecule has 0 amide bonds. The Bertz CT molecular complexity index is 442. The van der Waals surface area contributed by atoms with Crippen LogP contribution in [0.5, 0.6) is 0 Å². The zero-order valence-electron chi connectivity index (χ0n) is 13.4. The number of anilines is 1. The third-order valence-electron chi connectivity index (χ3n) is 4.43. The van der Waals surface area contributed by atoms with E-state index in [1.54, 1.807) is 0 Å². The number of likely N-dealkylation sites (N-methyl/N-ethyl adjacent to an activating group) is 2. The minimum Gasteiger partial charge on any atom is -0.374 e. The molecule has 0 saturated carbocycles. The van der Waals surface area contributed by atoms with E-state index in [-0.39, 0.29) is 0 Å². The predicted octanol–water partition coefficient (Wildman–Crippen LogP) is 2.66. The van der Waals surface area contributed by atoms with Gasteiger partial charge < -0.3 is 10.6 Å². The summed E-state index contributed by atoms with van der Waals surface area (Å²) in [6.07, 6.45) is 2.38. The Morgan fingerprint density at radius 1 is 1.35 bits per heavy atom. The van der Waals surface area contributed by atoms with Gasteiger partial charge in [0.1, 0.15) is 0 Å². The molecule has 0 aliphatic carbocycles. The van der Waals surface area contributed by atoms with E-state index in [9.17, 15) is 0 Å². The quantitative estimate of drug-likeness (QED) is 0.866. The Morgan fingerprint density at radius 2 is 2.10 bits per heavy atom. The highest BCUT2D eigenvalue weighted by Crippen LogP contribution is 2.30. The molecule has 1 heterocycles. The van der Waals surface area contributed by atoms with Crippen molar-refractivity contribution in [2.45, 2.75) is 32.7 Å². The molecule has 0 aromatic heterocycles. The van der Waals surface area contributed by atoms with E-state index in [0.717, 1.165) is 25.4 Å². The second kappa shape index (κ2) is 6.59. The molecule has 3 nitrogen and oxygen atoms in total. The van der Waals surface area contributed by atoms with E-state index in [1.165, 1.54) is 23.2 Å². The highest BCUT2D eigenvalue weighted by molar-refractivity contribution is 5.58. The number of hydrogen-bond donors (Lipinski definition) is 1. The first-order valence-corrected chi connectivity index (χ1v) is 7.77. The van der Waals surface area contributed by atoms with Gasteiger partial charge in [-0.2, -0.15) is 0 Å². The number of nitrogens with two attached hydrogens (primary N) is 1. The van der Waals surface area contributed by atoms with Gasteiger partial charge in [0.2, 0.25) is 0 Å². The van der Waals surface area contributed by atoms with Gasteiger partial charge in [-0.1, -0.05) is 26.0 Å². The van der Waals surface area contributed by atoms with Crippen LogP contribution in [0.3, 0.4) is 0 Å². The van der Waals surface area contributed by atoms with Crippen LogP contribution in [0, 0.1) is 5.92 Å². The molecule has 0 bridgehead atoms. The number of benzene rings is 1. The first-order chi connectivity index (χ1) is 9.52. The number of hydrogen-bond acceptors (Lipinski definition) is 3. The summed E-state index contributed by atoms with van der Waals surface area (Å²) in [7, 11) is 4.36. The van der Waals surface area contributed by atoms with Gasteiger partial charge in [-0.05, 0) is 49.5 Å². The average molecular weight is 275 g/mol. The maximum absolute atomic E-state index is 6.03. The highest BCUT2D eigenvalue weighted by Gasteiger charge is 2.20. The van der Waals surface area contributed by atoms with Crippen molar-refractivity contribution in [2.75, 3.05) is 38.6 Å². The van der Waals surface area contributed by atoms with Gasteiger partial charge in [0.15, 0.2) is 0 Å². The smallest absolute Gasteiger partial charge is 0.0467 e. The summed E-state index contributed by atoms with van der Waals surface area (Å²) in [5.41, 5.74) is 10.3. The van der Waals surface area contributed by atoms with Crippen LogP contribution in [0.15, 0.2) is 18.2 Å². The van der Waals surface area contributed by atoms with Crippen LogP contribution < -0.4 is 10.6 Å². The molecule has 0 fully saturated rings. The molecule has 0 spiro atoms. The summed E-state index contributed by atoms with van der Waals surface area (Å²) in [4.78, 5) is 4.74. The van der Waals surface area contributed by atoms with Crippen LogP contribution in [-0.2, 0) is 6.42 Å². The minimum atomic E-state index is 0.338. The van der Waals surface area contributed by atoms with E-state index >= 15 is 0 Å². The van der Waals surface area contributed by atoms with Crippen LogP contribution in [-0.4, -0.2) is 38.6 Å². The number of nitrogens with zero attached hydrogens (tertiary/aromatic N) is 2. The first-order valence-electron chi connectivity index (χ1n) is 7.77. The zero-order chi connectivity index (χ0) is 14.7. The van der Waals surface area contributed by atoms with Crippen LogP contribution in [0.25, 0.3) is 0 Å². The summed E-state index contributed by atoms with van der Waals surface area (Å²) in [5.74, 6) is 0.740. The van der Waals surface area contributed by atoms with E-state index in [4.69, 9.17) is 5.73 Å². The maximum atomic E-state index is 6.03. The maximum Gasteiger partial charge on any atom is 0.0467 e. The molecule has 1 atom stereocenters. The molecular formula is C17H29N3. The van der Waals surface area contributed by atoms with Crippen molar-refractivity contribution in [3.8, 4) is 0 Å². The lowest BCUT2D eigenvalue weighted by Gasteiger charge is -2.28. The summed E-state index contributed by atoms with van der Waals surface area (Å²) in [6, 6.07) is 7.22. The van der Waals surface area contributed by atoms with Crippen molar-refractivity contribution in [1.82, 2.24) is 4.90 Å². The van der Waals surface area contributed by atoms with Crippen molar-refractivity contribution < 1.29 is 0 Å². The molecule has 1 aromatic rings. The molecule has 1 aromatic carbocycles. The molecule has 2 rings (SSSR count). The third kappa shape index (κ3) is 3.33. The molecule has 20 heavy (non-hydrogen) atoms. The number of rotatable bonds is 6. The summed E-state index contributed by atoms with van der Waals surface area (Å²) < 4.78 is 0. The predicted molar refractivity (Wildman–Crippen MR) is 87.3 cm³/mol. The molecule has 1 unspecified atom stereocenters. The zero-order valence-corrected chi connectivity index (χ0v) is 13.4. The van der Waals surface area contributed by atoms with Gasteiger partial charge in [-0.15, -0.1) is 0 Å². The highest BCUT2D eigenvalue weighted by atomic mass is 15.1. The Kier molecular flexibility index (Phi) is 5.06. The largest absolute Gasteiger partial charge is 0.374 e. The number of fused-ring (bicyclic) bond motifs is 1. The summed E-state index contributed by atoms with van der Waals surface area (Å²) in [5, 5.41) is 0. The molecule has 2 N–H and O–H groups in total. The van der Waals surface area contributed by atoms with Crippen molar-refractivity contribution in [3.63, 3.8) is 0 Å². The fraction of sp³-hybridized carbons (Fsp3) is 0.647. The lowest BCUT2D eigenvalue weighted by atomic mass is 10.0. The van der Waals surface area contributed by atoms with E-state index in [2.05, 4.69) is 55.9 Å². The van der Waals surface area contributed by atoms with Crippen LogP contribution >= 0.6 is 0 Å². The third-order valence-corrected chi connectivity index (χ3v) is 4.43. The second-order valence-corrected chi connectivity index (χ2v) is 6.47. The average Bonchev–Trinajstić information content (AvgIpc) is 2.78. The summed E-state index contributed by atoms with van der Waals surface area (Å²) >= 11 is 0. The van der Waals surface area contributed by atoms with Gasteiger partial charge >= 0.3 is 0 Å². The van der Waals surface area contributed by atoms with Gasteiger partial charge in [0.25, 0.3) is 0 Å². The standard InChI is InChI=1S/C17H29N3/c1-13(2)7-9-20(4)17(12-18)14-5-6-16-15(11-14)8-10-19(16)3/h5-6,11,13,17H,7-10,12,18H2,1-4H3. The SMILES string of the molecule is CC(C)CCN(C)C(CN)c1ccc2c(c1)CCN2C. The normalized spacial score (nSPS) is 16.1. The lowest BCUT2D eigenvalue weighted by molar-refractivity contribution is 0.236. The van der Waals surface area contributed by atoms with Crippen molar-refractivity contribution in [3.05, 3.63) is 29.3 Å².